The topological polar surface area (TPSA) is 91.8 Å². The molecule has 154 valence electrons. The van der Waals surface area contributed by atoms with Crippen LogP contribution in [0.2, 0.25) is 0 Å². The molecule has 0 saturated heterocycles. The average Bonchev–Trinajstić information content (AvgIpc) is 2.69. The molecule has 0 saturated carbocycles. The Hall–Kier alpha value is -2.64. The summed E-state index contributed by atoms with van der Waals surface area (Å²) < 4.78 is 22.7. The molecule has 29 heavy (non-hydrogen) atoms. The number of nitrogens with one attached hydrogen (secondary N) is 1. The molecule has 3 N–H and O–H groups in total. The largest absolute Gasteiger partial charge is 0.489 e. The molecule has 0 amide bonds. The third kappa shape index (κ3) is 3.93. The van der Waals surface area contributed by atoms with Crippen LogP contribution in [-0.2, 0) is 24.5 Å². The first-order chi connectivity index (χ1) is 13.5. The van der Waals surface area contributed by atoms with Crippen molar-refractivity contribution in [2.24, 2.45) is 7.05 Å². The molecule has 0 fully saturated rings. The molecular formula is C22H26N2O4S. The Morgan fingerprint density at radius 1 is 1.21 bits per heavy atom. The summed E-state index contributed by atoms with van der Waals surface area (Å²) in [5.41, 5.74) is 3.75. The number of anilines is 1. The molecule has 4 rings (SSSR count). The van der Waals surface area contributed by atoms with Gasteiger partial charge < -0.3 is 19.5 Å². The van der Waals surface area contributed by atoms with Crippen LogP contribution in [0.5, 0.6) is 5.75 Å². The van der Waals surface area contributed by atoms with Crippen LogP contribution in [0.3, 0.4) is 0 Å². The van der Waals surface area contributed by atoms with E-state index >= 15 is 0 Å². The van der Waals surface area contributed by atoms with Gasteiger partial charge in [0.15, 0.2) is 0 Å². The van der Waals surface area contributed by atoms with Gasteiger partial charge in [0.1, 0.15) is 16.7 Å². The first kappa shape index (κ1) is 21.1. The van der Waals surface area contributed by atoms with E-state index in [9.17, 15) is 9.00 Å². The maximum Gasteiger partial charge on any atom is 0.258 e. The van der Waals surface area contributed by atoms with Gasteiger partial charge >= 0.3 is 0 Å². The Balaban J connectivity index is 0.00000240. The van der Waals surface area contributed by atoms with Crippen LogP contribution in [0.15, 0.2) is 47.4 Å². The molecule has 3 aromatic rings. The molecule has 0 spiro atoms. The Kier molecular flexibility index (Phi) is 6.10. The smallest absolute Gasteiger partial charge is 0.258 e. The van der Waals surface area contributed by atoms with Crippen molar-refractivity contribution in [3.8, 4) is 16.9 Å². The summed E-state index contributed by atoms with van der Waals surface area (Å²) in [6.45, 7) is 2.13. The van der Waals surface area contributed by atoms with Gasteiger partial charge in [-0.15, -0.1) is 0 Å². The monoisotopic (exact) mass is 414 g/mol. The van der Waals surface area contributed by atoms with Gasteiger partial charge in [-0.25, -0.2) is 4.21 Å². The number of aryl methyl sites for hydroxylation is 2. The summed E-state index contributed by atoms with van der Waals surface area (Å²) in [6.07, 6.45) is 6.50. The van der Waals surface area contributed by atoms with Crippen molar-refractivity contribution in [1.29, 1.82) is 0 Å². The zero-order valence-electron chi connectivity index (χ0n) is 16.8. The summed E-state index contributed by atoms with van der Waals surface area (Å²) in [5, 5.41) is 1.57. The number of hydrogen-bond donors (Lipinski definition) is 1. The minimum atomic E-state index is -1.17. The number of ether oxygens (including phenoxy) is 1. The highest BCUT2D eigenvalue weighted by atomic mass is 32.2. The van der Waals surface area contributed by atoms with E-state index in [1.54, 1.807) is 17.9 Å². The highest BCUT2D eigenvalue weighted by Crippen LogP contribution is 2.42. The first-order valence-electron chi connectivity index (χ1n) is 9.50. The first-order valence-corrected chi connectivity index (χ1v) is 11.1. The SMILES string of the molecule is CCC1CCc2cc(NS(C)=O)cc(-c3cn(C)c(=O)c4ccccc34)c2O1.O. The molecule has 1 aliphatic heterocycles. The van der Waals surface area contributed by atoms with E-state index in [0.29, 0.717) is 5.39 Å². The van der Waals surface area contributed by atoms with Crippen LogP contribution in [0.25, 0.3) is 21.9 Å². The van der Waals surface area contributed by atoms with Crippen molar-refractivity contribution in [3.05, 3.63) is 58.5 Å². The molecule has 2 atom stereocenters. The Labute approximate surface area is 172 Å². The third-order valence-electron chi connectivity index (χ3n) is 5.28. The van der Waals surface area contributed by atoms with Gasteiger partial charge in [0.2, 0.25) is 0 Å². The number of hydrogen-bond acceptors (Lipinski definition) is 3. The van der Waals surface area contributed by atoms with E-state index in [4.69, 9.17) is 4.74 Å². The zero-order chi connectivity index (χ0) is 19.8. The molecule has 0 bridgehead atoms. The van der Waals surface area contributed by atoms with Gasteiger partial charge in [0.05, 0.1) is 6.10 Å². The molecular weight excluding hydrogens is 388 g/mol. The van der Waals surface area contributed by atoms with Gasteiger partial charge in [0, 0.05) is 41.7 Å². The Morgan fingerprint density at radius 2 is 1.93 bits per heavy atom. The molecule has 7 heteroatoms. The van der Waals surface area contributed by atoms with E-state index in [2.05, 4.69) is 11.6 Å². The molecule has 2 unspecified atom stereocenters. The van der Waals surface area contributed by atoms with Crippen molar-refractivity contribution in [2.75, 3.05) is 11.0 Å². The second-order valence-electron chi connectivity index (χ2n) is 7.26. The highest BCUT2D eigenvalue weighted by Gasteiger charge is 2.24. The van der Waals surface area contributed by atoms with Gasteiger partial charge in [-0.3, -0.25) is 4.79 Å². The van der Waals surface area contributed by atoms with E-state index in [1.165, 1.54) is 0 Å². The van der Waals surface area contributed by atoms with Gasteiger partial charge in [0.25, 0.3) is 5.56 Å². The summed E-state index contributed by atoms with van der Waals surface area (Å²) in [7, 11) is 0.596. The highest BCUT2D eigenvalue weighted by molar-refractivity contribution is 7.85. The fraction of sp³-hybridized carbons (Fsp3) is 0.318. The van der Waals surface area contributed by atoms with Crippen LogP contribution in [0.4, 0.5) is 5.69 Å². The van der Waals surface area contributed by atoms with Crippen LogP contribution in [-0.4, -0.2) is 26.6 Å². The second kappa shape index (κ2) is 8.39. The van der Waals surface area contributed by atoms with Crippen LogP contribution >= 0.6 is 0 Å². The van der Waals surface area contributed by atoms with Gasteiger partial charge in [-0.2, -0.15) is 0 Å². The van der Waals surface area contributed by atoms with Crippen LogP contribution < -0.4 is 15.0 Å². The summed E-state index contributed by atoms with van der Waals surface area (Å²) >= 11 is 0. The minimum Gasteiger partial charge on any atom is -0.489 e. The van der Waals surface area contributed by atoms with Crippen molar-refractivity contribution in [2.45, 2.75) is 32.3 Å². The van der Waals surface area contributed by atoms with E-state index in [1.807, 2.05) is 42.6 Å². The Morgan fingerprint density at radius 3 is 2.62 bits per heavy atom. The molecule has 0 aliphatic carbocycles. The number of fused-ring (bicyclic) bond motifs is 2. The maximum absolute atomic E-state index is 12.6. The minimum absolute atomic E-state index is 0. The van der Waals surface area contributed by atoms with Crippen LogP contribution in [0, 0.1) is 0 Å². The summed E-state index contributed by atoms with van der Waals surface area (Å²) in [4.78, 5) is 12.6. The normalized spacial score (nSPS) is 16.4. The molecule has 6 nitrogen and oxygen atoms in total. The van der Waals surface area contributed by atoms with Crippen molar-refractivity contribution >= 4 is 27.4 Å². The van der Waals surface area contributed by atoms with E-state index in [-0.39, 0.29) is 17.1 Å². The molecule has 1 aliphatic rings. The zero-order valence-corrected chi connectivity index (χ0v) is 17.6. The predicted molar refractivity (Wildman–Crippen MR) is 119 cm³/mol. The molecule has 0 radical (unpaired) electrons. The fourth-order valence-corrected chi connectivity index (χ4v) is 4.35. The molecule has 2 aromatic carbocycles. The lowest BCUT2D eigenvalue weighted by Gasteiger charge is -2.28. The van der Waals surface area contributed by atoms with Crippen molar-refractivity contribution in [3.63, 3.8) is 0 Å². The lowest BCUT2D eigenvalue weighted by atomic mass is 9.93. The molecule has 1 aromatic heterocycles. The number of nitrogens with zero attached hydrogens (tertiary/aromatic N) is 1. The third-order valence-corrected chi connectivity index (χ3v) is 5.81. The lowest BCUT2D eigenvalue weighted by molar-refractivity contribution is 0.170. The number of aromatic nitrogens is 1. The summed E-state index contributed by atoms with van der Waals surface area (Å²) in [5.74, 6) is 0.870. The maximum atomic E-state index is 12.6. The van der Waals surface area contributed by atoms with Crippen molar-refractivity contribution in [1.82, 2.24) is 4.57 Å². The quantitative estimate of drug-likeness (QED) is 0.711. The van der Waals surface area contributed by atoms with E-state index in [0.717, 1.165) is 52.8 Å². The standard InChI is InChI=1S/C22H24N2O3S.H2O/c1-4-16-10-9-14-11-15(23-28(3)26)12-19(21(14)27-16)20-13-24(2)22(25)18-8-6-5-7-17(18)20;/h5-8,11-13,16,23H,4,9-10H2,1-3H3;1H2. The lowest BCUT2D eigenvalue weighted by Crippen LogP contribution is -2.23. The fourth-order valence-electron chi connectivity index (χ4n) is 3.90. The number of pyridine rings is 1. The number of benzene rings is 2. The van der Waals surface area contributed by atoms with Crippen LogP contribution in [0.1, 0.15) is 25.3 Å². The van der Waals surface area contributed by atoms with Gasteiger partial charge in [-0.05, 0) is 48.4 Å². The summed E-state index contributed by atoms with van der Waals surface area (Å²) in [6, 6.07) is 11.6. The van der Waals surface area contributed by atoms with Gasteiger partial charge in [-0.1, -0.05) is 25.1 Å². The average molecular weight is 415 g/mol. The number of rotatable bonds is 4. The predicted octanol–water partition coefficient (Wildman–Crippen LogP) is 3.19. The van der Waals surface area contributed by atoms with Crippen molar-refractivity contribution < 1.29 is 14.4 Å². The Bertz CT molecular complexity index is 1140. The second-order valence-corrected chi connectivity index (χ2v) is 8.37. The van der Waals surface area contributed by atoms with E-state index < -0.39 is 11.0 Å². The molecule has 2 heterocycles.